The second kappa shape index (κ2) is 9.54. The van der Waals surface area contributed by atoms with E-state index in [9.17, 15) is 4.79 Å². The molecule has 1 aromatic rings. The fourth-order valence-electron chi connectivity index (χ4n) is 5.02. The average molecular weight is 420 g/mol. The third-order valence-corrected chi connectivity index (χ3v) is 6.29. The third kappa shape index (κ3) is 4.58. The second-order valence-corrected chi connectivity index (χ2v) is 7.94. The van der Waals surface area contributed by atoms with Gasteiger partial charge in [0.05, 0.1) is 6.04 Å². The van der Waals surface area contributed by atoms with Gasteiger partial charge in [-0.15, -0.1) is 24.8 Å². The van der Waals surface area contributed by atoms with Gasteiger partial charge in [0, 0.05) is 25.6 Å². The lowest BCUT2D eigenvalue weighted by atomic mass is 9.65. The van der Waals surface area contributed by atoms with Crippen LogP contribution in [-0.4, -0.2) is 33.8 Å². The number of halogens is 2. The van der Waals surface area contributed by atoms with Crippen LogP contribution in [0.5, 0.6) is 0 Å². The predicted molar refractivity (Wildman–Crippen MR) is 107 cm³/mol. The molecule has 1 aliphatic heterocycles. The Bertz CT molecular complexity index is 627. The summed E-state index contributed by atoms with van der Waals surface area (Å²) < 4.78 is 7.06. The van der Waals surface area contributed by atoms with Crippen molar-refractivity contribution < 1.29 is 9.53 Å². The van der Waals surface area contributed by atoms with Crippen LogP contribution in [0.2, 0.25) is 0 Å². The molecule has 2 bridgehead atoms. The molecule has 7 nitrogen and oxygen atoms in total. The summed E-state index contributed by atoms with van der Waals surface area (Å²) in [5, 5.41) is 7.74. The van der Waals surface area contributed by atoms with Gasteiger partial charge < -0.3 is 15.8 Å². The van der Waals surface area contributed by atoms with Crippen LogP contribution in [0.1, 0.15) is 62.6 Å². The number of carbonyl (C=O) groups is 1. The first-order valence-electron chi connectivity index (χ1n) is 9.64. The van der Waals surface area contributed by atoms with E-state index in [2.05, 4.69) is 15.4 Å². The Labute approximate surface area is 173 Å². The maximum Gasteiger partial charge on any atom is 0.223 e. The molecule has 4 rings (SSSR count). The number of fused-ring (bicyclic) bond motifs is 3. The van der Waals surface area contributed by atoms with E-state index in [1.165, 1.54) is 19.3 Å². The molecule has 27 heavy (non-hydrogen) atoms. The average Bonchev–Trinajstić information content (AvgIpc) is 2.98. The van der Waals surface area contributed by atoms with Gasteiger partial charge in [0.25, 0.3) is 0 Å². The minimum atomic E-state index is -0.0326. The number of ether oxygens (including phenoxy) is 1. The van der Waals surface area contributed by atoms with Gasteiger partial charge in [0.2, 0.25) is 5.91 Å². The molecule has 1 aromatic heterocycles. The van der Waals surface area contributed by atoms with Crippen molar-refractivity contribution in [2.75, 3.05) is 7.11 Å². The fourth-order valence-corrected chi connectivity index (χ4v) is 5.02. The molecule has 2 aliphatic carbocycles. The molecule has 0 aromatic carbocycles. The molecule has 2 saturated carbocycles. The lowest BCUT2D eigenvalue weighted by Crippen LogP contribution is -2.49. The van der Waals surface area contributed by atoms with Gasteiger partial charge >= 0.3 is 0 Å². The normalized spacial score (nSPS) is 31.9. The van der Waals surface area contributed by atoms with Crippen molar-refractivity contribution in [2.24, 2.45) is 23.5 Å². The molecular formula is C18H31Cl2N5O2. The van der Waals surface area contributed by atoms with Crippen molar-refractivity contribution in [1.82, 2.24) is 20.1 Å². The van der Waals surface area contributed by atoms with Crippen molar-refractivity contribution in [1.29, 1.82) is 0 Å². The largest absolute Gasteiger partial charge is 0.377 e. The third-order valence-electron chi connectivity index (χ3n) is 6.29. The summed E-state index contributed by atoms with van der Waals surface area (Å²) >= 11 is 0. The summed E-state index contributed by atoms with van der Waals surface area (Å²) in [5.74, 6) is 2.89. The van der Waals surface area contributed by atoms with Crippen LogP contribution < -0.4 is 11.1 Å². The van der Waals surface area contributed by atoms with Gasteiger partial charge in [-0.1, -0.05) is 6.42 Å². The van der Waals surface area contributed by atoms with Gasteiger partial charge in [-0.2, -0.15) is 5.10 Å². The summed E-state index contributed by atoms with van der Waals surface area (Å²) in [5.41, 5.74) is 6.36. The molecule has 9 heteroatoms. The van der Waals surface area contributed by atoms with E-state index >= 15 is 0 Å². The predicted octanol–water partition coefficient (Wildman–Crippen LogP) is 2.37. The Morgan fingerprint density at radius 3 is 2.59 bits per heavy atom. The van der Waals surface area contributed by atoms with E-state index in [-0.39, 0.29) is 42.7 Å². The molecule has 3 N–H and O–H groups in total. The number of aromatic nitrogens is 3. The molecule has 2 heterocycles. The molecule has 3 atom stereocenters. The number of aryl methyl sites for hydroxylation is 1. The fraction of sp³-hybridized carbons (Fsp3) is 0.833. The molecule has 1 amide bonds. The van der Waals surface area contributed by atoms with E-state index in [0.29, 0.717) is 30.3 Å². The lowest BCUT2D eigenvalue weighted by molar-refractivity contribution is -0.128. The van der Waals surface area contributed by atoms with Crippen LogP contribution in [0.3, 0.4) is 0 Å². The van der Waals surface area contributed by atoms with Gasteiger partial charge in [0.1, 0.15) is 12.4 Å². The zero-order chi connectivity index (χ0) is 17.4. The molecule has 0 saturated heterocycles. The highest BCUT2D eigenvalue weighted by Gasteiger charge is 2.41. The minimum absolute atomic E-state index is 0. The molecule has 154 valence electrons. The second-order valence-electron chi connectivity index (χ2n) is 7.94. The topological polar surface area (TPSA) is 95.1 Å². The number of nitrogens with zero attached hydrogens (tertiary/aromatic N) is 3. The number of carbonyl (C=O) groups excluding carboxylic acids is 1. The van der Waals surface area contributed by atoms with E-state index in [1.54, 1.807) is 7.11 Å². The van der Waals surface area contributed by atoms with E-state index in [1.807, 2.05) is 4.68 Å². The Balaban J connectivity index is 0.00000131. The lowest BCUT2D eigenvalue weighted by Gasteiger charge is -2.43. The zero-order valence-corrected chi connectivity index (χ0v) is 17.4. The van der Waals surface area contributed by atoms with Crippen LogP contribution in [0.15, 0.2) is 0 Å². The number of amides is 1. The van der Waals surface area contributed by atoms with Crippen LogP contribution in [0.4, 0.5) is 0 Å². The first-order chi connectivity index (χ1) is 12.2. The van der Waals surface area contributed by atoms with Crippen molar-refractivity contribution in [3.05, 3.63) is 11.6 Å². The van der Waals surface area contributed by atoms with Gasteiger partial charge in [-0.25, -0.2) is 9.67 Å². The van der Waals surface area contributed by atoms with Crippen LogP contribution in [0, 0.1) is 17.8 Å². The van der Waals surface area contributed by atoms with Crippen LogP contribution in [0.25, 0.3) is 0 Å². The van der Waals surface area contributed by atoms with Gasteiger partial charge in [-0.3, -0.25) is 4.79 Å². The van der Waals surface area contributed by atoms with E-state index < -0.39 is 0 Å². The van der Waals surface area contributed by atoms with E-state index in [0.717, 1.165) is 38.1 Å². The molecule has 3 unspecified atom stereocenters. The Morgan fingerprint density at radius 2 is 1.93 bits per heavy atom. The Hall–Kier alpha value is -0.890. The Kier molecular flexibility index (Phi) is 7.92. The standard InChI is InChI=1S/C18H29N5O2.2ClH/c1-25-10-15-21-17-14(6-3-7-23(17)22-15)20-18(24)13-8-11-4-2-5-12(9-13)16(11)19;;/h11-14,16H,2-10,19H2,1H3,(H,20,24);2*1H. The summed E-state index contributed by atoms with van der Waals surface area (Å²) in [6.45, 7) is 1.27. The summed E-state index contributed by atoms with van der Waals surface area (Å²) in [4.78, 5) is 17.5. The van der Waals surface area contributed by atoms with Crippen molar-refractivity contribution >= 4 is 30.7 Å². The summed E-state index contributed by atoms with van der Waals surface area (Å²) in [7, 11) is 1.64. The van der Waals surface area contributed by atoms with Crippen molar-refractivity contribution in [3.8, 4) is 0 Å². The van der Waals surface area contributed by atoms with Crippen LogP contribution >= 0.6 is 24.8 Å². The molecule has 2 fully saturated rings. The molecule has 3 aliphatic rings. The number of methoxy groups -OCH3 is 1. The highest BCUT2D eigenvalue weighted by atomic mass is 35.5. The highest BCUT2D eigenvalue weighted by molar-refractivity contribution is 5.85. The van der Waals surface area contributed by atoms with Gasteiger partial charge in [-0.05, 0) is 50.4 Å². The van der Waals surface area contributed by atoms with Gasteiger partial charge in [0.15, 0.2) is 5.82 Å². The SMILES string of the molecule is COCc1nc2n(n1)CCCC2NC(=O)C1CC2CCCC(C1)C2N.Cl.Cl. The highest BCUT2D eigenvalue weighted by Crippen LogP contribution is 2.42. The zero-order valence-electron chi connectivity index (χ0n) is 15.8. The smallest absolute Gasteiger partial charge is 0.223 e. The van der Waals surface area contributed by atoms with E-state index in [4.69, 9.17) is 10.5 Å². The summed E-state index contributed by atoms with van der Waals surface area (Å²) in [6, 6.07) is 0.266. The first-order valence-corrected chi connectivity index (χ1v) is 9.64. The number of nitrogens with two attached hydrogens (primary N) is 1. The minimum Gasteiger partial charge on any atom is -0.377 e. The monoisotopic (exact) mass is 419 g/mol. The van der Waals surface area contributed by atoms with Crippen LogP contribution in [-0.2, 0) is 22.7 Å². The molecule has 0 spiro atoms. The Morgan fingerprint density at radius 1 is 1.22 bits per heavy atom. The van der Waals surface area contributed by atoms with Crippen molar-refractivity contribution in [3.63, 3.8) is 0 Å². The maximum absolute atomic E-state index is 12.9. The number of nitrogens with one attached hydrogen (secondary N) is 1. The molecular weight excluding hydrogens is 389 g/mol. The van der Waals surface area contributed by atoms with Crippen molar-refractivity contribution in [2.45, 2.75) is 70.2 Å². The molecule has 0 radical (unpaired) electrons. The first kappa shape index (κ1) is 22.4. The summed E-state index contributed by atoms with van der Waals surface area (Å²) in [6.07, 6.45) is 7.45. The number of hydrogen-bond donors (Lipinski definition) is 2. The quantitative estimate of drug-likeness (QED) is 0.780. The number of hydrogen-bond acceptors (Lipinski definition) is 5. The number of rotatable bonds is 4. The maximum atomic E-state index is 12.9.